The number of nitrogens with one attached hydrogen (secondary N) is 1. The number of benzene rings is 2. The van der Waals surface area contributed by atoms with Crippen LogP contribution in [0.3, 0.4) is 0 Å². The molecule has 27 heavy (non-hydrogen) atoms. The quantitative estimate of drug-likeness (QED) is 0.745. The summed E-state index contributed by atoms with van der Waals surface area (Å²) in [5.74, 6) is -0.0485. The summed E-state index contributed by atoms with van der Waals surface area (Å²) < 4.78 is 0. The molecule has 0 fully saturated rings. The molecule has 4 N–H and O–H groups in total. The van der Waals surface area contributed by atoms with Gasteiger partial charge in [-0.15, -0.1) is 12.4 Å². The molecule has 2 aromatic carbocycles. The minimum atomic E-state index is -1.07. The molecule has 2 amide bonds. The summed E-state index contributed by atoms with van der Waals surface area (Å²) in [6.45, 7) is 3.95. The molecule has 6 nitrogen and oxygen atoms in total. The van der Waals surface area contributed by atoms with Gasteiger partial charge in [0, 0.05) is 25.2 Å². The van der Waals surface area contributed by atoms with Crippen molar-refractivity contribution in [3.8, 4) is 11.1 Å². The first kappa shape index (κ1) is 20.7. The third kappa shape index (κ3) is 4.23. The van der Waals surface area contributed by atoms with Crippen LogP contribution in [0.2, 0.25) is 0 Å². The maximum atomic E-state index is 12.1. The van der Waals surface area contributed by atoms with E-state index < -0.39 is 6.09 Å². The van der Waals surface area contributed by atoms with Crippen molar-refractivity contribution < 1.29 is 14.7 Å². The fraction of sp³-hybridized carbons (Fsp3) is 0.300. The molecule has 0 aliphatic carbocycles. The van der Waals surface area contributed by atoms with Crippen molar-refractivity contribution in [3.63, 3.8) is 0 Å². The largest absolute Gasteiger partial charge is 0.465 e. The Kier molecular flexibility index (Phi) is 6.46. The van der Waals surface area contributed by atoms with E-state index in [1.165, 1.54) is 6.92 Å². The minimum Gasteiger partial charge on any atom is -0.465 e. The van der Waals surface area contributed by atoms with Gasteiger partial charge in [0.2, 0.25) is 5.91 Å². The average Bonchev–Trinajstić information content (AvgIpc) is 2.60. The molecule has 3 rings (SSSR count). The zero-order valence-electron chi connectivity index (χ0n) is 15.3. The van der Waals surface area contributed by atoms with Gasteiger partial charge in [0.05, 0.1) is 6.04 Å². The van der Waals surface area contributed by atoms with Gasteiger partial charge in [-0.3, -0.25) is 4.79 Å². The Hall–Kier alpha value is -2.57. The molecule has 144 valence electrons. The van der Waals surface area contributed by atoms with Crippen LogP contribution >= 0.6 is 12.4 Å². The van der Waals surface area contributed by atoms with E-state index >= 15 is 0 Å². The summed E-state index contributed by atoms with van der Waals surface area (Å²) in [7, 11) is 0. The van der Waals surface area contributed by atoms with Gasteiger partial charge in [-0.1, -0.05) is 30.3 Å². The van der Waals surface area contributed by atoms with E-state index in [-0.39, 0.29) is 30.4 Å². The van der Waals surface area contributed by atoms with Gasteiger partial charge in [0.25, 0.3) is 0 Å². The fourth-order valence-corrected chi connectivity index (χ4v) is 3.64. The lowest BCUT2D eigenvalue weighted by atomic mass is 9.89. The van der Waals surface area contributed by atoms with Crippen LogP contribution in [0.4, 0.5) is 10.5 Å². The Morgan fingerprint density at radius 3 is 2.37 bits per heavy atom. The standard InChI is InChI=1S/C20H23N3O3.ClH/c1-12-9-18(22-20(25)26)17-10-16(7-8-19(17)23(12)13(2)24)15-5-3-14(11-21)4-6-15;/h3-8,10,12,18,22H,9,11,21H2,1-2H3,(H,25,26);1H/t12-,18+;/m0./s1. The third-order valence-electron chi connectivity index (χ3n) is 4.84. The van der Waals surface area contributed by atoms with E-state index in [1.807, 2.05) is 49.4 Å². The van der Waals surface area contributed by atoms with Crippen molar-refractivity contribution in [1.82, 2.24) is 5.32 Å². The average molecular weight is 390 g/mol. The van der Waals surface area contributed by atoms with Crippen molar-refractivity contribution >= 4 is 30.1 Å². The van der Waals surface area contributed by atoms with Crippen LogP contribution in [-0.2, 0) is 11.3 Å². The van der Waals surface area contributed by atoms with Crippen LogP contribution in [0.5, 0.6) is 0 Å². The fourth-order valence-electron chi connectivity index (χ4n) is 3.64. The highest BCUT2D eigenvalue weighted by molar-refractivity contribution is 5.94. The molecule has 0 bridgehead atoms. The Morgan fingerprint density at radius 2 is 1.81 bits per heavy atom. The lowest BCUT2D eigenvalue weighted by molar-refractivity contribution is -0.117. The normalized spacial score (nSPS) is 18.3. The maximum absolute atomic E-state index is 12.1. The number of carbonyl (C=O) groups is 2. The van der Waals surface area contributed by atoms with E-state index in [0.717, 1.165) is 27.9 Å². The molecule has 0 saturated carbocycles. The Labute approximate surface area is 164 Å². The summed E-state index contributed by atoms with van der Waals surface area (Å²) >= 11 is 0. The molecule has 0 aromatic heterocycles. The number of rotatable bonds is 3. The van der Waals surface area contributed by atoms with Crippen LogP contribution in [-0.4, -0.2) is 23.1 Å². The van der Waals surface area contributed by atoms with E-state index in [1.54, 1.807) is 4.90 Å². The number of carbonyl (C=O) groups excluding carboxylic acids is 1. The van der Waals surface area contributed by atoms with Crippen LogP contribution in [0.25, 0.3) is 11.1 Å². The number of anilines is 1. The highest BCUT2D eigenvalue weighted by Crippen LogP contribution is 2.39. The highest BCUT2D eigenvalue weighted by atomic mass is 35.5. The first-order valence-electron chi connectivity index (χ1n) is 8.63. The molecule has 0 radical (unpaired) electrons. The van der Waals surface area contributed by atoms with Gasteiger partial charge in [-0.2, -0.15) is 0 Å². The van der Waals surface area contributed by atoms with Crippen molar-refractivity contribution in [3.05, 3.63) is 53.6 Å². The van der Waals surface area contributed by atoms with Gasteiger partial charge >= 0.3 is 6.09 Å². The first-order chi connectivity index (χ1) is 12.4. The molecule has 0 saturated heterocycles. The number of hydrogen-bond acceptors (Lipinski definition) is 3. The molecule has 1 heterocycles. The van der Waals surface area contributed by atoms with Crippen molar-refractivity contribution in [2.24, 2.45) is 5.73 Å². The summed E-state index contributed by atoms with van der Waals surface area (Å²) in [5.41, 5.74) is 10.3. The van der Waals surface area contributed by atoms with Gasteiger partial charge in [0.1, 0.15) is 0 Å². The van der Waals surface area contributed by atoms with Crippen LogP contribution < -0.4 is 16.0 Å². The Balaban J connectivity index is 0.00000261. The van der Waals surface area contributed by atoms with Gasteiger partial charge < -0.3 is 21.1 Å². The number of nitrogens with zero attached hydrogens (tertiary/aromatic N) is 1. The Bertz CT molecular complexity index is 839. The van der Waals surface area contributed by atoms with Gasteiger partial charge in [-0.25, -0.2) is 4.79 Å². The summed E-state index contributed by atoms with van der Waals surface area (Å²) in [4.78, 5) is 25.1. The molecule has 0 spiro atoms. The second kappa shape index (κ2) is 8.41. The summed E-state index contributed by atoms with van der Waals surface area (Å²) in [5, 5.41) is 11.8. The second-order valence-corrected chi connectivity index (χ2v) is 6.65. The van der Waals surface area contributed by atoms with Gasteiger partial charge in [0.15, 0.2) is 0 Å². The monoisotopic (exact) mass is 389 g/mol. The number of hydrogen-bond donors (Lipinski definition) is 3. The molecule has 2 atom stereocenters. The smallest absolute Gasteiger partial charge is 0.405 e. The van der Waals surface area contributed by atoms with Crippen molar-refractivity contribution in [2.45, 2.75) is 38.9 Å². The predicted molar refractivity (Wildman–Crippen MR) is 108 cm³/mol. The van der Waals surface area contributed by atoms with Crippen LogP contribution in [0.15, 0.2) is 42.5 Å². The zero-order valence-corrected chi connectivity index (χ0v) is 16.1. The summed E-state index contributed by atoms with van der Waals surface area (Å²) in [6, 6.07) is 13.3. The molecule has 2 aromatic rings. The summed E-state index contributed by atoms with van der Waals surface area (Å²) in [6.07, 6.45) is -0.531. The predicted octanol–water partition coefficient (Wildman–Crippen LogP) is 3.69. The van der Waals surface area contributed by atoms with E-state index in [2.05, 4.69) is 5.32 Å². The van der Waals surface area contributed by atoms with Crippen LogP contribution in [0, 0.1) is 0 Å². The van der Waals surface area contributed by atoms with E-state index in [0.29, 0.717) is 13.0 Å². The number of amides is 2. The highest BCUT2D eigenvalue weighted by Gasteiger charge is 2.33. The Morgan fingerprint density at radius 1 is 1.19 bits per heavy atom. The molecular weight excluding hydrogens is 366 g/mol. The molecule has 0 unspecified atom stereocenters. The number of fused-ring (bicyclic) bond motifs is 1. The third-order valence-corrected chi connectivity index (χ3v) is 4.84. The maximum Gasteiger partial charge on any atom is 0.405 e. The number of carboxylic acid groups (broad SMARTS) is 1. The van der Waals surface area contributed by atoms with Crippen molar-refractivity contribution in [1.29, 1.82) is 0 Å². The van der Waals surface area contributed by atoms with E-state index in [9.17, 15) is 14.7 Å². The lowest BCUT2D eigenvalue weighted by Gasteiger charge is -2.39. The minimum absolute atomic E-state index is 0. The van der Waals surface area contributed by atoms with E-state index in [4.69, 9.17) is 5.73 Å². The first-order valence-corrected chi connectivity index (χ1v) is 8.63. The second-order valence-electron chi connectivity index (χ2n) is 6.65. The molecule has 1 aliphatic heterocycles. The number of nitrogens with two attached hydrogens (primary N) is 1. The SMILES string of the molecule is CC(=O)N1c2ccc(-c3ccc(CN)cc3)cc2[C@H](NC(=O)O)C[C@@H]1C.Cl. The number of halogens is 1. The molecular formula is C20H24ClN3O3. The van der Waals surface area contributed by atoms with Gasteiger partial charge in [-0.05, 0) is 47.7 Å². The zero-order chi connectivity index (χ0) is 18.8. The lowest BCUT2D eigenvalue weighted by Crippen LogP contribution is -2.45. The molecule has 7 heteroatoms. The molecule has 1 aliphatic rings. The topological polar surface area (TPSA) is 95.7 Å². The van der Waals surface area contributed by atoms with Crippen molar-refractivity contribution in [2.75, 3.05) is 4.90 Å². The van der Waals surface area contributed by atoms with Crippen LogP contribution in [0.1, 0.15) is 37.4 Å².